The predicted octanol–water partition coefficient (Wildman–Crippen LogP) is 4.85. The van der Waals surface area contributed by atoms with Gasteiger partial charge >= 0.3 is 0 Å². The number of amides is 1. The molecule has 138 valence electrons. The van der Waals surface area contributed by atoms with Crippen LogP contribution in [0.25, 0.3) is 21.1 Å². The normalized spacial score (nSPS) is 11.3. The first kappa shape index (κ1) is 17.7. The number of hydrogen-bond donors (Lipinski definition) is 2. The van der Waals surface area contributed by atoms with Crippen LogP contribution < -0.4 is 5.32 Å². The van der Waals surface area contributed by atoms with Gasteiger partial charge in [-0.25, -0.2) is 4.98 Å². The Labute approximate surface area is 162 Å². The van der Waals surface area contributed by atoms with Gasteiger partial charge in [0.25, 0.3) is 0 Å². The number of benzene rings is 2. The molecule has 2 aromatic heterocycles. The molecule has 2 heterocycles. The Balaban J connectivity index is 1.16. The molecular weight excluding hydrogens is 354 g/mol. The quantitative estimate of drug-likeness (QED) is 0.431. The third-order valence-corrected chi connectivity index (χ3v) is 5.85. The smallest absolute Gasteiger partial charge is 0.220 e. The summed E-state index contributed by atoms with van der Waals surface area (Å²) in [5.41, 5.74) is 3.51. The Morgan fingerprint density at radius 1 is 1.04 bits per heavy atom. The van der Waals surface area contributed by atoms with Crippen molar-refractivity contribution in [3.8, 4) is 0 Å². The van der Waals surface area contributed by atoms with Crippen molar-refractivity contribution in [1.29, 1.82) is 0 Å². The summed E-state index contributed by atoms with van der Waals surface area (Å²) >= 11 is 1.74. The van der Waals surface area contributed by atoms with Gasteiger partial charge in [-0.05, 0) is 43.0 Å². The number of rotatable bonds is 8. The van der Waals surface area contributed by atoms with Crippen LogP contribution in [-0.2, 0) is 17.6 Å². The average molecular weight is 378 g/mol. The molecule has 0 saturated carbocycles. The van der Waals surface area contributed by atoms with E-state index in [1.54, 1.807) is 11.3 Å². The van der Waals surface area contributed by atoms with E-state index in [9.17, 15) is 4.79 Å². The van der Waals surface area contributed by atoms with Gasteiger partial charge in [0.2, 0.25) is 5.91 Å². The van der Waals surface area contributed by atoms with Crippen LogP contribution in [0.15, 0.2) is 54.7 Å². The second-order valence-corrected chi connectivity index (χ2v) is 7.86. The standard InChI is InChI=1S/C22H23N3OS/c26-21(12-5-7-16-15-24-18-9-2-1-8-17(16)18)23-14-6-13-22-25-19-10-3-4-11-20(19)27-22/h1-4,8-11,15,24H,5-7,12-14H2,(H,23,26). The molecule has 0 radical (unpaired) electrons. The molecule has 0 saturated heterocycles. The largest absolute Gasteiger partial charge is 0.361 e. The van der Waals surface area contributed by atoms with Crippen LogP contribution in [0.4, 0.5) is 0 Å². The minimum Gasteiger partial charge on any atom is -0.361 e. The van der Waals surface area contributed by atoms with Crippen molar-refractivity contribution in [2.45, 2.75) is 32.1 Å². The van der Waals surface area contributed by atoms with Crippen molar-refractivity contribution in [1.82, 2.24) is 15.3 Å². The molecule has 0 spiro atoms. The molecule has 0 fully saturated rings. The SMILES string of the molecule is O=C(CCCc1c[nH]c2ccccc12)NCCCc1nc2ccccc2s1. The number of fused-ring (bicyclic) bond motifs is 2. The summed E-state index contributed by atoms with van der Waals surface area (Å²) in [5.74, 6) is 0.138. The van der Waals surface area contributed by atoms with E-state index in [4.69, 9.17) is 0 Å². The average Bonchev–Trinajstić information content (AvgIpc) is 3.29. The lowest BCUT2D eigenvalue weighted by Gasteiger charge is -2.04. The number of nitrogens with zero attached hydrogens (tertiary/aromatic N) is 1. The molecule has 0 aliphatic carbocycles. The number of H-pyrrole nitrogens is 1. The maximum Gasteiger partial charge on any atom is 0.220 e. The fourth-order valence-corrected chi connectivity index (χ4v) is 4.37. The van der Waals surface area contributed by atoms with Gasteiger partial charge in [0.1, 0.15) is 0 Å². The first-order valence-corrected chi connectivity index (χ1v) is 10.3. The van der Waals surface area contributed by atoms with E-state index in [-0.39, 0.29) is 5.91 Å². The Bertz CT molecular complexity index is 1020. The summed E-state index contributed by atoms with van der Waals surface area (Å²) in [6.07, 6.45) is 6.25. The van der Waals surface area contributed by atoms with Gasteiger partial charge in [0.05, 0.1) is 15.2 Å². The maximum absolute atomic E-state index is 12.1. The zero-order chi connectivity index (χ0) is 18.5. The number of thiazole rings is 1. The van der Waals surface area contributed by atoms with Gasteiger partial charge in [-0.2, -0.15) is 0 Å². The second-order valence-electron chi connectivity index (χ2n) is 6.74. The summed E-state index contributed by atoms with van der Waals surface area (Å²) in [6.45, 7) is 0.710. The van der Waals surface area contributed by atoms with Gasteiger partial charge in [-0.3, -0.25) is 4.79 Å². The molecule has 0 aliphatic heterocycles. The molecule has 0 atom stereocenters. The van der Waals surface area contributed by atoms with Crippen LogP contribution in [0, 0.1) is 0 Å². The number of hydrogen-bond acceptors (Lipinski definition) is 3. The highest BCUT2D eigenvalue weighted by Crippen LogP contribution is 2.22. The van der Waals surface area contributed by atoms with Crippen LogP contribution in [0.1, 0.15) is 29.8 Å². The number of aromatic nitrogens is 2. The zero-order valence-electron chi connectivity index (χ0n) is 15.2. The van der Waals surface area contributed by atoms with Gasteiger partial charge in [0, 0.05) is 36.5 Å². The molecule has 5 heteroatoms. The number of para-hydroxylation sites is 2. The Hall–Kier alpha value is -2.66. The number of aryl methyl sites for hydroxylation is 2. The summed E-state index contributed by atoms with van der Waals surface area (Å²) < 4.78 is 1.23. The first-order chi connectivity index (χ1) is 13.3. The molecular formula is C22H23N3OS. The van der Waals surface area contributed by atoms with Crippen LogP contribution >= 0.6 is 11.3 Å². The highest BCUT2D eigenvalue weighted by molar-refractivity contribution is 7.18. The van der Waals surface area contributed by atoms with Gasteiger partial charge in [0.15, 0.2) is 0 Å². The molecule has 27 heavy (non-hydrogen) atoms. The van der Waals surface area contributed by atoms with Gasteiger partial charge in [-0.15, -0.1) is 11.3 Å². The Kier molecular flexibility index (Phi) is 5.49. The molecule has 4 aromatic rings. The van der Waals surface area contributed by atoms with Crippen LogP contribution in [0.2, 0.25) is 0 Å². The third kappa shape index (κ3) is 4.37. The van der Waals surface area contributed by atoms with Crippen LogP contribution in [0.3, 0.4) is 0 Å². The van der Waals surface area contributed by atoms with Gasteiger partial charge in [-0.1, -0.05) is 30.3 Å². The molecule has 0 unspecified atom stereocenters. The topological polar surface area (TPSA) is 57.8 Å². The molecule has 4 rings (SSSR count). The summed E-state index contributed by atoms with van der Waals surface area (Å²) in [5, 5.41) is 5.44. The fourth-order valence-electron chi connectivity index (χ4n) is 3.36. The Morgan fingerprint density at radius 3 is 2.81 bits per heavy atom. The van der Waals surface area contributed by atoms with E-state index in [1.165, 1.54) is 15.6 Å². The van der Waals surface area contributed by atoms with Crippen molar-refractivity contribution < 1.29 is 4.79 Å². The number of carbonyl (C=O) groups excluding carboxylic acids is 1. The molecule has 1 amide bonds. The third-order valence-electron chi connectivity index (χ3n) is 4.75. The van der Waals surface area contributed by atoms with Crippen molar-refractivity contribution in [3.63, 3.8) is 0 Å². The summed E-state index contributed by atoms with van der Waals surface area (Å²) in [6, 6.07) is 16.5. The second kappa shape index (κ2) is 8.35. The van der Waals surface area contributed by atoms with E-state index in [2.05, 4.69) is 45.7 Å². The van der Waals surface area contributed by atoms with E-state index in [1.807, 2.05) is 24.3 Å². The number of nitrogens with one attached hydrogen (secondary N) is 2. The van der Waals surface area contributed by atoms with Crippen LogP contribution in [-0.4, -0.2) is 22.4 Å². The number of carbonyl (C=O) groups is 1. The lowest BCUT2D eigenvalue weighted by molar-refractivity contribution is -0.121. The van der Waals surface area contributed by atoms with Crippen LogP contribution in [0.5, 0.6) is 0 Å². The molecule has 0 aliphatic rings. The van der Waals surface area contributed by atoms with E-state index >= 15 is 0 Å². The highest BCUT2D eigenvalue weighted by atomic mass is 32.1. The monoisotopic (exact) mass is 377 g/mol. The molecule has 2 N–H and O–H groups in total. The number of aromatic amines is 1. The maximum atomic E-state index is 12.1. The lowest BCUT2D eigenvalue weighted by atomic mass is 10.1. The molecule has 2 aromatic carbocycles. The van der Waals surface area contributed by atoms with Gasteiger partial charge < -0.3 is 10.3 Å². The summed E-state index contributed by atoms with van der Waals surface area (Å²) in [4.78, 5) is 20.0. The van der Waals surface area contributed by atoms with Crippen molar-refractivity contribution in [2.24, 2.45) is 0 Å². The first-order valence-electron chi connectivity index (χ1n) is 9.46. The summed E-state index contributed by atoms with van der Waals surface area (Å²) in [7, 11) is 0. The molecule has 0 bridgehead atoms. The van der Waals surface area contributed by atoms with E-state index in [0.717, 1.165) is 41.7 Å². The minimum atomic E-state index is 0.138. The predicted molar refractivity (Wildman–Crippen MR) is 112 cm³/mol. The molecule has 4 nitrogen and oxygen atoms in total. The lowest BCUT2D eigenvalue weighted by Crippen LogP contribution is -2.24. The zero-order valence-corrected chi connectivity index (χ0v) is 16.0. The van der Waals surface area contributed by atoms with Crippen molar-refractivity contribution in [2.75, 3.05) is 6.54 Å². The van der Waals surface area contributed by atoms with E-state index < -0.39 is 0 Å². The fraction of sp³-hybridized carbons (Fsp3) is 0.273. The van der Waals surface area contributed by atoms with Crippen molar-refractivity contribution >= 4 is 38.4 Å². The highest BCUT2D eigenvalue weighted by Gasteiger charge is 2.06. The minimum absolute atomic E-state index is 0.138. The van der Waals surface area contributed by atoms with Crippen molar-refractivity contribution in [3.05, 3.63) is 65.3 Å². The Morgan fingerprint density at radius 2 is 1.89 bits per heavy atom. The van der Waals surface area contributed by atoms with E-state index in [0.29, 0.717) is 13.0 Å².